The minimum Gasteiger partial charge on any atom is -0.443 e. The molecule has 0 spiro atoms. The summed E-state index contributed by atoms with van der Waals surface area (Å²) in [5, 5.41) is 0.162. The van der Waals surface area contributed by atoms with Crippen molar-refractivity contribution < 1.29 is 83.3 Å². The number of amides is 4. The number of aromatic nitrogens is 12. The van der Waals surface area contributed by atoms with Gasteiger partial charge in [-0.1, -0.05) is 7.43 Å². The lowest BCUT2D eigenvalue weighted by Crippen LogP contribution is -2.45. The molecule has 0 bridgehead atoms. The molecular formula is C57H77BBrCl3F6N16O12. The Labute approximate surface area is 575 Å². The quantitative estimate of drug-likeness (QED) is 0.0752. The smallest absolute Gasteiger partial charge is 0.443 e. The van der Waals surface area contributed by atoms with Gasteiger partial charge in [0, 0.05) is 50.2 Å². The number of alkyl halides is 6. The Bertz CT molecular complexity index is 3400. The van der Waals surface area contributed by atoms with E-state index < -0.39 is 113 Å². The first-order valence-corrected chi connectivity index (χ1v) is 30.8. The maximum absolute atomic E-state index is 14.0. The molecule has 3 aliphatic heterocycles. The van der Waals surface area contributed by atoms with E-state index in [1.807, 2.05) is 9.80 Å². The van der Waals surface area contributed by atoms with Crippen molar-refractivity contribution >= 4 is 111 Å². The average molecular weight is 1490 g/mol. The second kappa shape index (κ2) is 33.6. The molecule has 530 valence electrons. The number of rotatable bonds is 9. The first-order chi connectivity index (χ1) is 43.7. The van der Waals surface area contributed by atoms with Gasteiger partial charge in [0.05, 0.1) is 47.7 Å². The number of nitrogens with zero attached hydrogens (tertiary/aromatic N) is 16. The van der Waals surface area contributed by atoms with Crippen LogP contribution in [-0.4, -0.2) is 178 Å². The van der Waals surface area contributed by atoms with E-state index in [2.05, 4.69) is 75.7 Å². The maximum atomic E-state index is 14.0. The first-order valence-electron chi connectivity index (χ1n) is 28.8. The van der Waals surface area contributed by atoms with Crippen molar-refractivity contribution in [3.05, 3.63) is 61.8 Å². The Balaban J connectivity index is 0.000000281. The van der Waals surface area contributed by atoms with Crippen LogP contribution in [-0.2, 0) is 37.7 Å². The molecule has 0 saturated carbocycles. The zero-order valence-electron chi connectivity index (χ0n) is 55.0. The van der Waals surface area contributed by atoms with E-state index >= 15 is 0 Å². The van der Waals surface area contributed by atoms with Gasteiger partial charge in [0.25, 0.3) is 19.3 Å². The zero-order chi connectivity index (χ0) is 71.5. The number of anilines is 4. The highest BCUT2D eigenvalue weighted by molar-refractivity contribution is 9.10. The van der Waals surface area contributed by atoms with Crippen molar-refractivity contribution in [3.8, 4) is 11.4 Å². The number of halogens is 10. The molecule has 8 rings (SSSR count). The second-order valence-electron chi connectivity index (χ2n) is 25.3. The average Bonchev–Trinajstić information content (AvgIpc) is 1.63. The molecule has 5 aromatic rings. The van der Waals surface area contributed by atoms with E-state index in [0.29, 0.717) is 61.2 Å². The number of ether oxygens (including phenoxy) is 6. The van der Waals surface area contributed by atoms with Crippen molar-refractivity contribution in [1.82, 2.24) is 59.8 Å². The van der Waals surface area contributed by atoms with Crippen LogP contribution < -0.4 is 25.1 Å². The Morgan fingerprint density at radius 3 is 1.25 bits per heavy atom. The summed E-state index contributed by atoms with van der Waals surface area (Å²) in [7, 11) is -1.16. The molecular weight excluding hydrogens is 1410 g/mol. The molecule has 5 aromatic heterocycles. The van der Waals surface area contributed by atoms with Crippen LogP contribution in [0.2, 0.25) is 15.9 Å². The molecule has 0 radical (unpaired) electrons. The predicted octanol–water partition coefficient (Wildman–Crippen LogP) is 13.0. The molecule has 96 heavy (non-hydrogen) atoms. The number of aryl methyl sites for hydroxylation is 1. The van der Waals surface area contributed by atoms with Gasteiger partial charge >= 0.3 is 31.5 Å². The van der Waals surface area contributed by atoms with Crippen LogP contribution in [0.4, 0.5) is 69.3 Å². The van der Waals surface area contributed by atoms with E-state index in [9.17, 15) is 45.5 Å². The molecule has 3 saturated heterocycles. The lowest BCUT2D eigenvalue weighted by molar-refractivity contribution is 0.00578. The van der Waals surface area contributed by atoms with E-state index in [0.717, 1.165) is 25.5 Å². The molecule has 8 heterocycles. The monoisotopic (exact) mass is 1490 g/mol. The number of hydrogen-bond acceptors (Lipinski definition) is 26. The summed E-state index contributed by atoms with van der Waals surface area (Å²) in [5.74, 6) is -0.0714. The fraction of sp³-hybridized carbons (Fsp3) is 0.614. The van der Waals surface area contributed by atoms with Gasteiger partial charge < -0.3 is 47.5 Å². The third kappa shape index (κ3) is 24.3. The van der Waals surface area contributed by atoms with Gasteiger partial charge in [-0.05, 0) is 168 Å². The van der Waals surface area contributed by atoms with Crippen LogP contribution in [0.3, 0.4) is 0 Å². The van der Waals surface area contributed by atoms with E-state index in [1.54, 1.807) is 111 Å². The third-order valence-corrected chi connectivity index (χ3v) is 13.5. The fourth-order valence-corrected chi connectivity index (χ4v) is 8.45. The number of morpholine rings is 2. The number of hydrogen-bond donors (Lipinski definition) is 0. The molecule has 39 heteroatoms. The minimum atomic E-state index is -3.07. The van der Waals surface area contributed by atoms with Crippen LogP contribution in [0.5, 0.6) is 0 Å². The highest BCUT2D eigenvalue weighted by Crippen LogP contribution is 2.38. The highest BCUT2D eigenvalue weighted by atomic mass is 79.9. The van der Waals surface area contributed by atoms with E-state index in [1.165, 1.54) is 13.1 Å². The maximum Gasteiger partial charge on any atom is 0.498 e. The topological polar surface area (TPSA) is 310 Å². The molecule has 0 unspecified atom stereocenters. The second-order valence-corrected chi connectivity index (χ2v) is 27.2. The summed E-state index contributed by atoms with van der Waals surface area (Å²) in [6.07, 6.45) is -10.0. The number of carbonyl (C=O) groups is 4. The van der Waals surface area contributed by atoms with Gasteiger partial charge in [0.15, 0.2) is 5.82 Å². The molecule has 3 aliphatic rings. The Morgan fingerprint density at radius 2 is 0.875 bits per heavy atom. The van der Waals surface area contributed by atoms with Gasteiger partial charge in [0.1, 0.15) is 45.3 Å². The predicted molar refractivity (Wildman–Crippen MR) is 345 cm³/mol. The molecule has 4 amide bonds. The Morgan fingerprint density at radius 1 is 0.521 bits per heavy atom. The summed E-state index contributed by atoms with van der Waals surface area (Å²) in [6.45, 7) is 32.8. The van der Waals surface area contributed by atoms with E-state index in [-0.39, 0.29) is 50.4 Å². The lowest BCUT2D eigenvalue weighted by atomic mass is 9.79. The molecule has 3 fully saturated rings. The Hall–Kier alpha value is -6.83. The molecule has 0 aromatic carbocycles. The van der Waals surface area contributed by atoms with Crippen LogP contribution in [0.25, 0.3) is 11.4 Å². The minimum absolute atomic E-state index is 0. The Kier molecular flexibility index (Phi) is 28.6. The van der Waals surface area contributed by atoms with Crippen molar-refractivity contribution in [2.24, 2.45) is 0 Å². The van der Waals surface area contributed by atoms with Crippen molar-refractivity contribution in [3.63, 3.8) is 0 Å². The molecule has 0 aliphatic carbocycles. The van der Waals surface area contributed by atoms with Crippen LogP contribution in [0.15, 0.2) is 23.1 Å². The van der Waals surface area contributed by atoms with Gasteiger partial charge in [-0.2, -0.15) is 29.9 Å². The number of imide groups is 2. The zero-order valence-corrected chi connectivity index (χ0v) is 58.9. The fourth-order valence-electron chi connectivity index (χ4n) is 7.58. The summed E-state index contributed by atoms with van der Waals surface area (Å²) < 4.78 is 123. The molecule has 0 atom stereocenters. The molecule has 0 N–H and O–H groups in total. The van der Waals surface area contributed by atoms with Gasteiger partial charge in [0.2, 0.25) is 39.6 Å². The third-order valence-electron chi connectivity index (χ3n) is 12.4. The van der Waals surface area contributed by atoms with Gasteiger partial charge in [-0.15, -0.1) is 9.80 Å². The number of carbonyl (C=O) groups excluding carboxylic acids is 4. The normalized spacial score (nSPS) is 15.4. The summed E-state index contributed by atoms with van der Waals surface area (Å²) in [6, 6.07) is 0. The van der Waals surface area contributed by atoms with Crippen LogP contribution in [0.1, 0.15) is 160 Å². The summed E-state index contributed by atoms with van der Waals surface area (Å²) in [5.41, 5.74) is -7.28. The summed E-state index contributed by atoms with van der Waals surface area (Å²) in [4.78, 5) is 102. The van der Waals surface area contributed by atoms with Gasteiger partial charge in [-0.3, -0.25) is 0 Å². The highest BCUT2D eigenvalue weighted by Gasteiger charge is 2.53. The van der Waals surface area contributed by atoms with E-state index in [4.69, 9.17) is 72.5 Å². The van der Waals surface area contributed by atoms with Crippen molar-refractivity contribution in [2.75, 3.05) is 72.2 Å². The van der Waals surface area contributed by atoms with Crippen LogP contribution >= 0.6 is 50.7 Å². The standard InChI is InChI=1S/C21H32BF2N3O6.C15H20BrF2N3O4.C13H13ClF2N6O.C7H8Cl2N4O.CH4/c1-18(2,3)30-16(28)27(17(29)31-19(4,5)6)15-25-11-12(13(26-15)14(23)24)22-32-20(7,8)21(9,10)33-22;1-14(2,3)24-12(22)21(13(23)25-15(4,5)6)11-19-7-8(16)9(20-11)10(17)18;1-7-17-6-8(9(18-7)10(15)16)11-19-12(14)21-13(20-11)22-2-4-23-5-3-22;8-5-10-6(9)12-7(11-5)13-1-3-14-4-2-13;/h11,14H,1-10H3;7,10H,1-6H3;6,10H,2-5H2,1H3;1-4H2;1H4. The van der Waals surface area contributed by atoms with Crippen LogP contribution in [0, 0.1) is 6.92 Å². The lowest BCUT2D eigenvalue weighted by Gasteiger charge is -2.32. The molecule has 28 nitrogen and oxygen atoms in total. The largest absolute Gasteiger partial charge is 0.498 e. The SMILES string of the molecule is C.CC(C)(C)OC(=O)N(C(=O)OC(C)(C)C)c1ncc(B2OC(C)(C)C(C)(C)O2)c(C(F)F)n1.CC(C)(C)OC(=O)N(C(=O)OC(C)(C)C)c1ncc(Br)c(C(F)F)n1.Cc1ncc(-c2nc(Cl)nc(N3CCOCC3)n2)c(C(F)F)n1.Clc1nc(Cl)nc(N2CCOCC2)n1. The van der Waals surface area contributed by atoms with Gasteiger partial charge in [-0.25, -0.2) is 75.4 Å². The first kappa shape index (κ1) is 81.6. The summed E-state index contributed by atoms with van der Waals surface area (Å²) >= 11 is 20.2. The van der Waals surface area contributed by atoms with Crippen molar-refractivity contribution in [1.29, 1.82) is 0 Å². The van der Waals surface area contributed by atoms with Crippen molar-refractivity contribution in [2.45, 2.75) is 178 Å².